The zero-order valence-electron chi connectivity index (χ0n) is 18.8. The van der Waals surface area contributed by atoms with Crippen molar-refractivity contribution in [2.45, 2.75) is 18.4 Å². The fourth-order valence-electron chi connectivity index (χ4n) is 3.35. The van der Waals surface area contributed by atoms with Crippen LogP contribution in [0.2, 0.25) is 5.02 Å². The summed E-state index contributed by atoms with van der Waals surface area (Å²) in [5.41, 5.74) is 0.367. The van der Waals surface area contributed by atoms with Gasteiger partial charge in [0, 0.05) is 16.3 Å². The molecule has 8 nitrogen and oxygen atoms in total. The normalized spacial score (nSPS) is 12.0. The largest absolute Gasteiger partial charge is 0.465 e. The molecule has 0 spiro atoms. The second-order valence-electron chi connectivity index (χ2n) is 7.42. The second kappa shape index (κ2) is 10.6. The van der Waals surface area contributed by atoms with Gasteiger partial charge in [0.05, 0.1) is 21.7 Å². The van der Waals surface area contributed by atoms with E-state index in [1.165, 1.54) is 65.2 Å². The monoisotopic (exact) mass is 547 g/mol. The Morgan fingerprint density at radius 1 is 1.11 bits per heavy atom. The minimum absolute atomic E-state index is 0.000580. The highest BCUT2D eigenvalue weighted by molar-refractivity contribution is 7.92. The van der Waals surface area contributed by atoms with E-state index in [1.807, 2.05) is 0 Å². The lowest BCUT2D eigenvalue weighted by Gasteiger charge is -2.09. The van der Waals surface area contributed by atoms with Crippen molar-refractivity contribution in [1.82, 2.24) is 4.57 Å². The number of benzene rings is 3. The molecule has 12 heteroatoms. The van der Waals surface area contributed by atoms with Gasteiger partial charge in [-0.1, -0.05) is 35.1 Å². The van der Waals surface area contributed by atoms with E-state index >= 15 is 0 Å². The van der Waals surface area contributed by atoms with Gasteiger partial charge < -0.3 is 9.30 Å². The number of amides is 1. The van der Waals surface area contributed by atoms with Gasteiger partial charge in [-0.15, -0.1) is 0 Å². The lowest BCUT2D eigenvalue weighted by Crippen LogP contribution is -2.23. The van der Waals surface area contributed by atoms with Crippen LogP contribution in [-0.4, -0.2) is 31.5 Å². The molecule has 0 saturated carbocycles. The van der Waals surface area contributed by atoms with Crippen LogP contribution < -0.4 is 9.52 Å². The van der Waals surface area contributed by atoms with Crippen LogP contribution in [0.15, 0.2) is 76.6 Å². The molecule has 36 heavy (non-hydrogen) atoms. The van der Waals surface area contributed by atoms with Crippen molar-refractivity contribution in [1.29, 1.82) is 0 Å². The Hall–Kier alpha value is -3.54. The molecule has 1 heterocycles. The van der Waals surface area contributed by atoms with Crippen LogP contribution in [0.25, 0.3) is 10.2 Å². The van der Waals surface area contributed by atoms with E-state index < -0.39 is 27.7 Å². The number of nitrogens with one attached hydrogen (secondary N) is 1. The van der Waals surface area contributed by atoms with Crippen LogP contribution in [-0.2, 0) is 26.1 Å². The fraction of sp³-hybridized carbons (Fsp3) is 0.125. The Morgan fingerprint density at radius 2 is 1.83 bits per heavy atom. The number of thiazole rings is 1. The number of rotatable bonds is 7. The number of sulfonamides is 1. The summed E-state index contributed by atoms with van der Waals surface area (Å²) < 4.78 is 49.1. The average molecular weight is 548 g/mol. The summed E-state index contributed by atoms with van der Waals surface area (Å²) in [6.45, 7) is 1.47. The smallest absolute Gasteiger partial charge is 0.326 e. The Labute approximate surface area is 214 Å². The van der Waals surface area contributed by atoms with Crippen molar-refractivity contribution >= 4 is 60.7 Å². The molecule has 0 radical (unpaired) electrons. The van der Waals surface area contributed by atoms with E-state index in [0.29, 0.717) is 9.72 Å². The number of halogens is 2. The van der Waals surface area contributed by atoms with Crippen molar-refractivity contribution in [2.24, 2.45) is 4.99 Å². The molecule has 3 aromatic carbocycles. The predicted octanol–water partition coefficient (Wildman–Crippen LogP) is 4.60. The molecule has 1 aromatic heterocycles. The molecule has 4 aromatic rings. The molecule has 186 valence electrons. The highest BCUT2D eigenvalue weighted by Crippen LogP contribution is 2.22. The van der Waals surface area contributed by atoms with Crippen molar-refractivity contribution in [3.05, 3.63) is 87.9 Å². The van der Waals surface area contributed by atoms with Crippen LogP contribution in [0.5, 0.6) is 0 Å². The summed E-state index contributed by atoms with van der Waals surface area (Å²) in [6.07, 6.45) is 0. The molecule has 0 aliphatic heterocycles. The molecular weight excluding hydrogens is 529 g/mol. The highest BCUT2D eigenvalue weighted by Gasteiger charge is 2.17. The van der Waals surface area contributed by atoms with Crippen LogP contribution in [0.1, 0.15) is 17.3 Å². The van der Waals surface area contributed by atoms with E-state index in [2.05, 4.69) is 9.71 Å². The van der Waals surface area contributed by atoms with Gasteiger partial charge in [0.25, 0.3) is 15.9 Å². The third-order valence-electron chi connectivity index (χ3n) is 4.93. The highest BCUT2D eigenvalue weighted by atomic mass is 35.5. The third kappa shape index (κ3) is 5.64. The summed E-state index contributed by atoms with van der Waals surface area (Å²) in [7, 11) is -3.92. The number of hydrogen-bond acceptors (Lipinski definition) is 6. The molecule has 0 bridgehead atoms. The number of hydrogen-bond donors (Lipinski definition) is 1. The number of anilines is 1. The zero-order valence-corrected chi connectivity index (χ0v) is 21.2. The first kappa shape index (κ1) is 25.5. The first-order valence-corrected chi connectivity index (χ1v) is 13.3. The van der Waals surface area contributed by atoms with E-state index in [4.69, 9.17) is 16.3 Å². The van der Waals surface area contributed by atoms with Gasteiger partial charge >= 0.3 is 5.97 Å². The summed E-state index contributed by atoms with van der Waals surface area (Å²) in [6, 6.07) is 15.8. The number of carbonyl (C=O) groups excluding carboxylic acids is 2. The molecule has 1 N–H and O–H groups in total. The van der Waals surface area contributed by atoms with Gasteiger partial charge in [0.1, 0.15) is 12.4 Å². The van der Waals surface area contributed by atoms with Gasteiger partial charge in [-0.25, -0.2) is 12.8 Å². The van der Waals surface area contributed by atoms with E-state index in [0.717, 1.165) is 11.3 Å². The molecule has 0 aliphatic carbocycles. The number of para-hydroxylation sites is 1. The number of carbonyl (C=O) groups is 2. The first-order chi connectivity index (χ1) is 17.2. The van der Waals surface area contributed by atoms with Crippen LogP contribution >= 0.6 is 22.9 Å². The molecule has 1 amide bonds. The third-order valence-corrected chi connectivity index (χ3v) is 7.62. The minimum atomic E-state index is -3.92. The zero-order chi connectivity index (χ0) is 25.9. The molecule has 0 saturated heterocycles. The standard InChI is InChI=1S/C24H19ClFN3O5S2/c1-2-34-21(30)14-29-22-19(26)7-4-8-20(22)35-24(29)27-23(31)15-5-3-6-17(13-15)28-36(32,33)18-11-9-16(25)10-12-18/h3-13,28H,2,14H2,1H3. The molecule has 0 fully saturated rings. The maximum absolute atomic E-state index is 14.6. The Balaban J connectivity index is 1.69. The quantitative estimate of drug-likeness (QED) is 0.340. The van der Waals surface area contributed by atoms with Crippen LogP contribution in [0.3, 0.4) is 0 Å². The first-order valence-electron chi connectivity index (χ1n) is 10.6. The fourth-order valence-corrected chi connectivity index (χ4v) is 5.57. The SMILES string of the molecule is CCOC(=O)Cn1c(=NC(=O)c2cccc(NS(=O)(=O)c3ccc(Cl)cc3)c2)sc2cccc(F)c21. The lowest BCUT2D eigenvalue weighted by molar-refractivity contribution is -0.143. The van der Waals surface area contributed by atoms with Gasteiger partial charge in [0.15, 0.2) is 4.80 Å². The van der Waals surface area contributed by atoms with Gasteiger partial charge in [-0.3, -0.25) is 14.3 Å². The van der Waals surface area contributed by atoms with E-state index in [1.54, 1.807) is 13.0 Å². The van der Waals surface area contributed by atoms with Crippen molar-refractivity contribution in [3.8, 4) is 0 Å². The molecule has 0 atom stereocenters. The minimum Gasteiger partial charge on any atom is -0.465 e. The van der Waals surface area contributed by atoms with Gasteiger partial charge in [-0.2, -0.15) is 4.99 Å². The Bertz CT molecular complexity index is 1630. The molecule has 4 rings (SSSR count). The van der Waals surface area contributed by atoms with Crippen molar-refractivity contribution in [3.63, 3.8) is 0 Å². The van der Waals surface area contributed by atoms with Crippen LogP contribution in [0.4, 0.5) is 10.1 Å². The summed E-state index contributed by atoms with van der Waals surface area (Å²) in [5, 5.41) is 0.393. The summed E-state index contributed by atoms with van der Waals surface area (Å²) in [5.74, 6) is -1.87. The topological polar surface area (TPSA) is 107 Å². The number of nitrogens with zero attached hydrogens (tertiary/aromatic N) is 2. The molecule has 0 aliphatic rings. The van der Waals surface area contributed by atoms with Crippen molar-refractivity contribution < 1.29 is 27.1 Å². The van der Waals surface area contributed by atoms with Gasteiger partial charge in [0.2, 0.25) is 0 Å². The summed E-state index contributed by atoms with van der Waals surface area (Å²) in [4.78, 5) is 29.3. The second-order valence-corrected chi connectivity index (χ2v) is 10.5. The Kier molecular flexibility index (Phi) is 7.53. The lowest BCUT2D eigenvalue weighted by atomic mass is 10.2. The van der Waals surface area contributed by atoms with Crippen LogP contribution in [0, 0.1) is 5.82 Å². The number of aromatic nitrogens is 1. The van der Waals surface area contributed by atoms with E-state index in [9.17, 15) is 22.4 Å². The van der Waals surface area contributed by atoms with Gasteiger partial charge in [-0.05, 0) is 61.5 Å². The summed E-state index contributed by atoms with van der Waals surface area (Å²) >= 11 is 6.86. The number of ether oxygens (including phenoxy) is 1. The number of fused-ring (bicyclic) bond motifs is 1. The van der Waals surface area contributed by atoms with Crippen molar-refractivity contribution in [2.75, 3.05) is 11.3 Å². The maximum Gasteiger partial charge on any atom is 0.326 e. The average Bonchev–Trinajstić information content (AvgIpc) is 3.17. The number of esters is 1. The molecule has 0 unspecified atom stereocenters. The Morgan fingerprint density at radius 3 is 2.56 bits per heavy atom. The predicted molar refractivity (Wildman–Crippen MR) is 135 cm³/mol. The maximum atomic E-state index is 14.6. The molecular formula is C24H19ClFN3O5S2. The van der Waals surface area contributed by atoms with E-state index in [-0.39, 0.29) is 39.6 Å².